The van der Waals surface area contributed by atoms with E-state index in [1.807, 2.05) is 48.5 Å². The number of amides is 1. The van der Waals surface area contributed by atoms with Gasteiger partial charge in [-0.2, -0.15) is 0 Å². The number of carbonyl (C=O) groups is 1. The average Bonchev–Trinajstić information content (AvgIpc) is 2.63. The number of hydrogen-bond donors (Lipinski definition) is 1. The Kier molecular flexibility index (Phi) is 5.09. The lowest BCUT2D eigenvalue weighted by atomic mass is 10.1. The highest BCUT2D eigenvalue weighted by atomic mass is 16.4. The van der Waals surface area contributed by atoms with Crippen molar-refractivity contribution in [2.24, 2.45) is 0 Å². The summed E-state index contributed by atoms with van der Waals surface area (Å²) in [6, 6.07) is 17.0. The average molecular weight is 333 g/mol. The molecule has 126 valence electrons. The van der Waals surface area contributed by atoms with E-state index in [4.69, 9.17) is 4.42 Å². The predicted molar refractivity (Wildman–Crippen MR) is 98.9 cm³/mol. The number of carbonyl (C=O) groups excluding carboxylic acids is 1. The van der Waals surface area contributed by atoms with Crippen LogP contribution in [0.5, 0.6) is 0 Å². The fourth-order valence-electron chi connectivity index (χ4n) is 2.74. The molecule has 3 aromatic rings. The van der Waals surface area contributed by atoms with E-state index in [0.29, 0.717) is 25.0 Å². The molecule has 1 N–H and O–H groups in total. The zero-order chi connectivity index (χ0) is 17.6. The molecule has 0 saturated carbocycles. The van der Waals surface area contributed by atoms with Crippen molar-refractivity contribution < 1.29 is 9.21 Å². The van der Waals surface area contributed by atoms with Crippen LogP contribution < -0.4 is 10.9 Å². The zero-order valence-corrected chi connectivity index (χ0v) is 13.8. The fraction of sp³-hybridized carbons (Fsp3) is 0.143. The van der Waals surface area contributed by atoms with Gasteiger partial charge in [-0.1, -0.05) is 54.6 Å². The number of hydrogen-bond acceptors (Lipinski definition) is 3. The first kappa shape index (κ1) is 16.7. The van der Waals surface area contributed by atoms with Gasteiger partial charge in [-0.15, -0.1) is 6.58 Å². The molecule has 0 aliphatic heterocycles. The maximum atomic E-state index is 12.3. The van der Waals surface area contributed by atoms with Crippen LogP contribution in [0.2, 0.25) is 0 Å². The van der Waals surface area contributed by atoms with Crippen LogP contribution in [0.3, 0.4) is 0 Å². The summed E-state index contributed by atoms with van der Waals surface area (Å²) < 4.78 is 5.40. The highest BCUT2D eigenvalue weighted by molar-refractivity contribution is 5.97. The second-order valence-corrected chi connectivity index (χ2v) is 5.77. The van der Waals surface area contributed by atoms with Gasteiger partial charge in [0.05, 0.1) is 0 Å². The maximum Gasteiger partial charge on any atom is 0.349 e. The number of rotatable bonds is 6. The Hall–Kier alpha value is -3.14. The third-order valence-corrected chi connectivity index (χ3v) is 3.99. The molecule has 4 nitrogen and oxygen atoms in total. The zero-order valence-electron chi connectivity index (χ0n) is 13.8. The van der Waals surface area contributed by atoms with E-state index < -0.39 is 11.5 Å². The number of nitrogens with one attached hydrogen (secondary N) is 1. The molecular weight excluding hydrogens is 314 g/mol. The minimum atomic E-state index is -0.624. The summed E-state index contributed by atoms with van der Waals surface area (Å²) >= 11 is 0. The van der Waals surface area contributed by atoms with Crippen molar-refractivity contribution in [1.82, 2.24) is 5.32 Å². The van der Waals surface area contributed by atoms with Crippen LogP contribution in [0.15, 0.2) is 76.5 Å². The molecule has 4 heteroatoms. The van der Waals surface area contributed by atoms with Crippen LogP contribution in [-0.4, -0.2) is 12.5 Å². The van der Waals surface area contributed by atoms with Gasteiger partial charge in [-0.05, 0) is 30.0 Å². The lowest BCUT2D eigenvalue weighted by molar-refractivity contribution is 0.0950. The SMILES string of the molecule is C=CCc1cccc2cc(C(=O)NCCc3ccccc3)c(=O)oc12. The highest BCUT2D eigenvalue weighted by Gasteiger charge is 2.14. The summed E-state index contributed by atoms with van der Waals surface area (Å²) in [4.78, 5) is 24.5. The Morgan fingerprint density at radius 3 is 2.68 bits per heavy atom. The van der Waals surface area contributed by atoms with E-state index in [0.717, 1.165) is 16.5 Å². The van der Waals surface area contributed by atoms with Crippen LogP contribution >= 0.6 is 0 Å². The molecule has 25 heavy (non-hydrogen) atoms. The van der Waals surface area contributed by atoms with Gasteiger partial charge in [0.2, 0.25) is 0 Å². The van der Waals surface area contributed by atoms with Crippen molar-refractivity contribution in [2.45, 2.75) is 12.8 Å². The highest BCUT2D eigenvalue weighted by Crippen LogP contribution is 2.19. The lowest BCUT2D eigenvalue weighted by Gasteiger charge is -2.07. The van der Waals surface area contributed by atoms with E-state index in [1.165, 1.54) is 0 Å². The molecule has 0 fully saturated rings. The molecule has 3 rings (SSSR count). The minimum Gasteiger partial charge on any atom is -0.422 e. The Balaban J connectivity index is 1.78. The summed E-state index contributed by atoms with van der Waals surface area (Å²) in [7, 11) is 0. The van der Waals surface area contributed by atoms with Crippen LogP contribution in [0.25, 0.3) is 11.0 Å². The Morgan fingerprint density at radius 1 is 1.12 bits per heavy atom. The molecule has 0 unspecified atom stereocenters. The summed E-state index contributed by atoms with van der Waals surface area (Å²) in [5.74, 6) is -0.416. The number of allylic oxidation sites excluding steroid dienone is 1. The lowest BCUT2D eigenvalue weighted by Crippen LogP contribution is -2.29. The first-order chi connectivity index (χ1) is 12.2. The second-order valence-electron chi connectivity index (χ2n) is 5.77. The maximum absolute atomic E-state index is 12.3. The number of para-hydroxylation sites is 1. The topological polar surface area (TPSA) is 59.3 Å². The molecule has 0 radical (unpaired) electrons. The van der Waals surface area contributed by atoms with Gasteiger partial charge >= 0.3 is 5.63 Å². The second kappa shape index (κ2) is 7.62. The van der Waals surface area contributed by atoms with Crippen molar-refractivity contribution >= 4 is 16.9 Å². The summed E-state index contributed by atoms with van der Waals surface area (Å²) in [5, 5.41) is 3.51. The first-order valence-corrected chi connectivity index (χ1v) is 8.18. The first-order valence-electron chi connectivity index (χ1n) is 8.18. The van der Waals surface area contributed by atoms with Crippen molar-refractivity contribution in [1.29, 1.82) is 0 Å². The Labute approximate surface area is 145 Å². The molecule has 1 amide bonds. The van der Waals surface area contributed by atoms with E-state index in [9.17, 15) is 9.59 Å². The Bertz CT molecular complexity index is 958. The van der Waals surface area contributed by atoms with Gasteiger partial charge in [-0.25, -0.2) is 4.79 Å². The molecule has 0 aliphatic carbocycles. The van der Waals surface area contributed by atoms with Crippen molar-refractivity contribution in [2.75, 3.05) is 6.54 Å². The summed E-state index contributed by atoms with van der Waals surface area (Å²) in [6.07, 6.45) is 3.05. The number of fused-ring (bicyclic) bond motifs is 1. The monoisotopic (exact) mass is 333 g/mol. The van der Waals surface area contributed by atoms with Crippen LogP contribution in [0.4, 0.5) is 0 Å². The molecule has 1 aromatic heterocycles. The van der Waals surface area contributed by atoms with Crippen LogP contribution in [0.1, 0.15) is 21.5 Å². The van der Waals surface area contributed by atoms with Gasteiger partial charge < -0.3 is 9.73 Å². The molecular formula is C21H19NO3. The standard InChI is InChI=1S/C21H19NO3/c1-2-7-16-10-6-11-17-14-18(21(24)25-19(16)17)20(23)22-13-12-15-8-4-3-5-9-15/h2-6,8-11,14H,1,7,12-13H2,(H,22,23). The Morgan fingerprint density at radius 2 is 1.92 bits per heavy atom. The molecule has 0 spiro atoms. The smallest absolute Gasteiger partial charge is 0.349 e. The van der Waals surface area contributed by atoms with Crippen molar-refractivity contribution in [3.63, 3.8) is 0 Å². The predicted octanol–water partition coefficient (Wildman–Crippen LogP) is 3.49. The minimum absolute atomic E-state index is 0.0244. The molecule has 0 aliphatic rings. The summed E-state index contributed by atoms with van der Waals surface area (Å²) in [6.45, 7) is 4.16. The van der Waals surface area contributed by atoms with E-state index in [1.54, 1.807) is 12.1 Å². The van der Waals surface area contributed by atoms with Gasteiger partial charge in [0, 0.05) is 11.9 Å². The normalized spacial score (nSPS) is 10.6. The van der Waals surface area contributed by atoms with Gasteiger partial charge in [0.1, 0.15) is 11.1 Å². The van der Waals surface area contributed by atoms with Crippen molar-refractivity contribution in [3.05, 3.63) is 94.4 Å². The summed E-state index contributed by atoms with van der Waals surface area (Å²) in [5.41, 5.74) is 1.91. The van der Waals surface area contributed by atoms with E-state index >= 15 is 0 Å². The van der Waals surface area contributed by atoms with Gasteiger partial charge in [0.25, 0.3) is 5.91 Å². The molecule has 0 atom stereocenters. The van der Waals surface area contributed by atoms with Crippen molar-refractivity contribution in [3.8, 4) is 0 Å². The quantitative estimate of drug-likeness (QED) is 0.555. The third-order valence-electron chi connectivity index (χ3n) is 3.99. The van der Waals surface area contributed by atoms with Gasteiger partial charge in [-0.3, -0.25) is 4.79 Å². The fourth-order valence-corrected chi connectivity index (χ4v) is 2.74. The van der Waals surface area contributed by atoms with E-state index in [-0.39, 0.29) is 5.56 Å². The molecule has 2 aromatic carbocycles. The van der Waals surface area contributed by atoms with Gasteiger partial charge in [0.15, 0.2) is 0 Å². The van der Waals surface area contributed by atoms with Crippen LogP contribution in [-0.2, 0) is 12.8 Å². The molecule has 1 heterocycles. The van der Waals surface area contributed by atoms with E-state index in [2.05, 4.69) is 11.9 Å². The third kappa shape index (κ3) is 3.86. The number of benzene rings is 2. The molecule has 0 bridgehead atoms. The largest absolute Gasteiger partial charge is 0.422 e. The van der Waals surface area contributed by atoms with Crippen LogP contribution in [0, 0.1) is 0 Å². The molecule has 0 saturated heterocycles.